The second-order valence-corrected chi connectivity index (χ2v) is 31.9. The Labute approximate surface area is 669 Å². The molecule has 0 saturated carbocycles. The molecule has 1 saturated heterocycles. The lowest BCUT2D eigenvalue weighted by atomic mass is 9.94. The third-order valence-electron chi connectivity index (χ3n) is 19.4. The number of phenols is 1. The molecule has 0 bridgehead atoms. The van der Waals surface area contributed by atoms with E-state index in [4.69, 9.17) is 5.73 Å². The number of para-hydroxylation sites is 1. The van der Waals surface area contributed by atoms with E-state index in [2.05, 4.69) is 78.8 Å². The lowest BCUT2D eigenvalue weighted by molar-refractivity contribution is -0.142. The van der Waals surface area contributed by atoms with Gasteiger partial charge in [0, 0.05) is 79.1 Å². The number of rotatable bonds is 31. The molecule has 1 aliphatic heterocycles. The standard InChI is InChI=1S/C78H110N16O18S2/c1-9-44(7)65(76(109)89-59(78(111)112)33-48-36-82-53-23-18-17-22-51(48)53)94-77(110)66(45(8)10-2)93-73(106)58(35-63(98)99)87-69(102)54(30-42(3)4)84-72(105)57(34-49-37-80-41-83-49)86-74(107)61-40-114-113-39-52(79)67(100)90-60(38-95)68(101)81-29-19-12-11-16-24-62(97)92-64(43(5)6)75(108)88-56(32-47-25-27-50(96)28-26-47)70(103)85-55(71(104)91-61)31-46-20-14-13-15-21-46/h13-15,17-18,20-23,25-28,36-37,41-45,52,54-61,64-66,82,95-96H,9-12,16,19,24,29-35,38-40,79H2,1-8H3,(H,80,83)(H,81,101)(H,84,105)(H,85,103)(H,86,107)(H,87,102)(H,88,108)(H,89,109)(H,90,100)(H,91,104)(H,92,97)(H,93,106)(H,94,110)(H,98,99)(H,111,112)/t44-,45-,52-,54-,55+,56-,57-,58-,59-,60-,61+,64+,65-,66-/m0/s1. The SMILES string of the molecule is CC[C@H](C)[C@H](NC(=O)[C@H](CC(=O)O)NC(=O)[C@H](CC(C)C)NC(=O)[C@H](Cc1cnc[nH]1)NC(=O)[C@H]1CSSC[C@H](N)C(=O)N[C@@H](CO)C(=O)NCCCCCCC(=O)N[C@H](C(C)C)C(=O)N[C@@H](Cc2ccc(O)cc2)C(=O)N[C@H](Cc2ccccc2)C(=O)N1)C(=O)N[C@H](C(=O)N[C@@H](Cc1c[nH]c2ccccc12)C(=O)O)[C@@H](C)CC. The molecule has 12 amide bonds. The van der Waals surface area contributed by atoms with E-state index in [0.717, 1.165) is 32.5 Å². The molecule has 114 heavy (non-hydrogen) atoms. The van der Waals surface area contributed by atoms with Crippen molar-refractivity contribution in [3.05, 3.63) is 120 Å². The summed E-state index contributed by atoms with van der Waals surface area (Å²) in [6.45, 7) is 12.9. The number of benzene rings is 3. The molecule has 5 aromatic rings. The Morgan fingerprint density at radius 1 is 0.570 bits per heavy atom. The van der Waals surface area contributed by atoms with Crippen LogP contribution in [0.1, 0.15) is 136 Å². The number of aromatic hydroxyl groups is 1. The van der Waals surface area contributed by atoms with Crippen molar-refractivity contribution in [3.63, 3.8) is 0 Å². The Balaban J connectivity index is 1.30. The fraction of sp³-hybridized carbons (Fsp3) is 0.526. The van der Waals surface area contributed by atoms with E-state index in [1.54, 1.807) is 110 Å². The van der Waals surface area contributed by atoms with Crippen LogP contribution >= 0.6 is 21.6 Å². The number of nitrogens with zero attached hydrogens (tertiary/aromatic N) is 1. The van der Waals surface area contributed by atoms with Crippen molar-refractivity contribution in [2.75, 3.05) is 24.7 Å². The maximum atomic E-state index is 15.2. The average molecular weight is 1620 g/mol. The van der Waals surface area contributed by atoms with Gasteiger partial charge in [0.15, 0.2) is 0 Å². The molecule has 2 aromatic heterocycles. The molecule has 34 nitrogen and oxygen atoms in total. The van der Waals surface area contributed by atoms with Crippen molar-refractivity contribution < 1.29 is 87.5 Å². The maximum absolute atomic E-state index is 15.2. The smallest absolute Gasteiger partial charge is 0.326 e. The summed E-state index contributed by atoms with van der Waals surface area (Å²) in [5, 5.41) is 73.4. The normalized spacial score (nSPS) is 20.4. The third-order valence-corrected chi connectivity index (χ3v) is 21.9. The molecule has 3 aromatic carbocycles. The first-order chi connectivity index (χ1) is 54.3. The van der Waals surface area contributed by atoms with Gasteiger partial charge in [-0.1, -0.05) is 163 Å². The average Bonchev–Trinajstić information content (AvgIpc) is 1.78. The summed E-state index contributed by atoms with van der Waals surface area (Å²) in [7, 11) is 1.91. The number of phenolic OH excluding ortho intramolecular Hbond substituents is 1. The highest BCUT2D eigenvalue weighted by molar-refractivity contribution is 8.76. The van der Waals surface area contributed by atoms with Gasteiger partial charge in [0.2, 0.25) is 70.9 Å². The van der Waals surface area contributed by atoms with Gasteiger partial charge in [-0.25, -0.2) is 9.78 Å². The Bertz CT molecular complexity index is 4060. The van der Waals surface area contributed by atoms with Crippen LogP contribution in [-0.2, 0) is 92.8 Å². The Kier molecular flexibility index (Phi) is 37.7. The molecule has 622 valence electrons. The quantitative estimate of drug-likeness (QED) is 0.0278. The number of aliphatic hydroxyl groups is 1. The summed E-state index contributed by atoms with van der Waals surface area (Å²) in [6, 6.07) is 3.59. The number of imidazole rings is 1. The molecule has 14 atom stereocenters. The van der Waals surface area contributed by atoms with Crippen molar-refractivity contribution in [1.82, 2.24) is 78.8 Å². The first-order valence-corrected chi connectivity index (χ1v) is 40.8. The number of carboxylic acids is 2. The minimum Gasteiger partial charge on any atom is -0.508 e. The molecule has 20 N–H and O–H groups in total. The van der Waals surface area contributed by atoms with E-state index in [-0.39, 0.29) is 74.4 Å². The first kappa shape index (κ1) is 92.3. The number of carboxylic acid groups (broad SMARTS) is 2. The molecular formula is C78H110N16O18S2. The zero-order chi connectivity index (χ0) is 83.7. The van der Waals surface area contributed by atoms with Crippen molar-refractivity contribution in [1.29, 1.82) is 0 Å². The number of aliphatic hydroxyl groups excluding tert-OH is 1. The largest absolute Gasteiger partial charge is 0.508 e. The van der Waals surface area contributed by atoms with Gasteiger partial charge in [0.05, 0.1) is 25.4 Å². The van der Waals surface area contributed by atoms with E-state index in [1.807, 2.05) is 6.07 Å². The van der Waals surface area contributed by atoms with E-state index in [1.165, 1.54) is 36.8 Å². The van der Waals surface area contributed by atoms with Gasteiger partial charge in [-0.15, -0.1) is 0 Å². The predicted molar refractivity (Wildman–Crippen MR) is 427 cm³/mol. The van der Waals surface area contributed by atoms with Gasteiger partial charge in [0.25, 0.3) is 0 Å². The van der Waals surface area contributed by atoms with E-state index in [9.17, 15) is 73.2 Å². The van der Waals surface area contributed by atoms with Crippen LogP contribution in [0.15, 0.2) is 97.6 Å². The molecule has 6 rings (SSSR count). The number of aliphatic carboxylic acids is 2. The second-order valence-electron chi connectivity index (χ2n) is 29.3. The van der Waals surface area contributed by atoms with E-state index < -0.39 is 192 Å². The fourth-order valence-corrected chi connectivity index (χ4v) is 14.7. The zero-order valence-electron chi connectivity index (χ0n) is 65.3. The number of hydrogen-bond donors (Lipinski definition) is 19. The van der Waals surface area contributed by atoms with Gasteiger partial charge in [0.1, 0.15) is 72.2 Å². The minimum atomic E-state index is -1.92. The number of aromatic nitrogens is 3. The summed E-state index contributed by atoms with van der Waals surface area (Å²) >= 11 is 0. The van der Waals surface area contributed by atoms with Crippen LogP contribution in [0.25, 0.3) is 10.9 Å². The van der Waals surface area contributed by atoms with Crippen molar-refractivity contribution in [3.8, 4) is 5.75 Å². The highest BCUT2D eigenvalue weighted by atomic mass is 33.1. The summed E-state index contributed by atoms with van der Waals surface area (Å²) in [5.74, 6) is -16.2. The molecule has 0 aliphatic carbocycles. The minimum absolute atomic E-state index is 0.0262. The van der Waals surface area contributed by atoms with Crippen LogP contribution in [0.5, 0.6) is 5.75 Å². The predicted octanol–water partition coefficient (Wildman–Crippen LogP) is 1.33. The molecule has 0 unspecified atom stereocenters. The van der Waals surface area contributed by atoms with Crippen molar-refractivity contribution >= 4 is 115 Å². The zero-order valence-corrected chi connectivity index (χ0v) is 67.0. The van der Waals surface area contributed by atoms with Crippen LogP contribution in [0.3, 0.4) is 0 Å². The van der Waals surface area contributed by atoms with Gasteiger partial charge in [-0.3, -0.25) is 62.3 Å². The van der Waals surface area contributed by atoms with Crippen LogP contribution in [-0.4, -0.2) is 215 Å². The Morgan fingerprint density at radius 3 is 1.75 bits per heavy atom. The first-order valence-electron chi connectivity index (χ1n) is 38.3. The number of hydrogen-bond acceptors (Lipinski definition) is 20. The summed E-state index contributed by atoms with van der Waals surface area (Å²) in [5.41, 5.74) is 8.95. The fourth-order valence-electron chi connectivity index (χ4n) is 12.4. The number of H-pyrrole nitrogens is 2. The Morgan fingerprint density at radius 2 is 1.13 bits per heavy atom. The van der Waals surface area contributed by atoms with Crippen LogP contribution < -0.4 is 69.5 Å². The van der Waals surface area contributed by atoms with Gasteiger partial charge in [-0.2, -0.15) is 0 Å². The van der Waals surface area contributed by atoms with Gasteiger partial charge in [-0.05, 0) is 77.8 Å². The van der Waals surface area contributed by atoms with Crippen LogP contribution in [0.2, 0.25) is 0 Å². The maximum Gasteiger partial charge on any atom is 0.326 e. The monoisotopic (exact) mass is 1620 g/mol. The lowest BCUT2D eigenvalue weighted by Crippen LogP contribution is -2.62. The summed E-state index contributed by atoms with van der Waals surface area (Å²) in [4.78, 5) is 208. The number of nitrogens with one attached hydrogen (secondary N) is 14. The molecule has 1 fully saturated rings. The number of amides is 12. The highest BCUT2D eigenvalue weighted by Crippen LogP contribution is 2.25. The number of aromatic amines is 2. The molecule has 1 aliphatic rings. The van der Waals surface area contributed by atoms with E-state index in [0.29, 0.717) is 48.8 Å². The van der Waals surface area contributed by atoms with Gasteiger partial charge < -0.3 is 99.9 Å². The molecular weight excluding hydrogens is 1510 g/mol. The number of fused-ring (bicyclic) bond motifs is 1. The summed E-state index contributed by atoms with van der Waals surface area (Å²) < 4.78 is 0. The lowest BCUT2D eigenvalue weighted by Gasteiger charge is -2.31. The third kappa shape index (κ3) is 29.7. The summed E-state index contributed by atoms with van der Waals surface area (Å²) in [6.07, 6.45) is 4.85. The molecule has 0 spiro atoms. The van der Waals surface area contributed by atoms with Crippen LogP contribution in [0, 0.1) is 23.7 Å². The van der Waals surface area contributed by atoms with Crippen molar-refractivity contribution in [2.24, 2.45) is 29.4 Å². The molecule has 36 heteroatoms. The number of carbonyl (C=O) groups excluding carboxylic acids is 12. The topological polar surface area (TPSA) is 535 Å². The van der Waals surface area contributed by atoms with E-state index >= 15 is 14.4 Å². The molecule has 3 heterocycles. The van der Waals surface area contributed by atoms with Crippen molar-refractivity contribution in [2.45, 2.75) is 211 Å². The number of nitrogens with two attached hydrogens (primary N) is 1. The van der Waals surface area contributed by atoms with Gasteiger partial charge >= 0.3 is 11.9 Å². The number of carbonyl (C=O) groups is 14. The Hall–Kier alpha value is -10.6. The highest BCUT2D eigenvalue weighted by Gasteiger charge is 2.40. The molecule has 0 radical (unpaired) electrons. The van der Waals surface area contributed by atoms with Crippen LogP contribution in [0.4, 0.5) is 0 Å². The second kappa shape index (κ2) is 46.6.